The molecule has 2 heterocycles. The molecule has 0 spiro atoms. The van der Waals surface area contributed by atoms with Crippen LogP contribution in [0.1, 0.15) is 11.5 Å². The van der Waals surface area contributed by atoms with Gasteiger partial charge in [-0.25, -0.2) is 19.0 Å². The summed E-state index contributed by atoms with van der Waals surface area (Å²) in [5, 5.41) is 7.12. The summed E-state index contributed by atoms with van der Waals surface area (Å²) in [6.45, 7) is 3.50. The third-order valence-electron chi connectivity index (χ3n) is 5.45. The van der Waals surface area contributed by atoms with Crippen molar-refractivity contribution in [3.63, 3.8) is 0 Å². The third-order valence-corrected chi connectivity index (χ3v) is 5.45. The number of aromatic nitrogens is 1. The van der Waals surface area contributed by atoms with Crippen LogP contribution in [-0.2, 0) is 19.1 Å². The number of esters is 1. The minimum Gasteiger partial charge on any atom is -0.475 e. The maximum atomic E-state index is 14.9. The molecule has 2 aromatic carbocycles. The summed E-state index contributed by atoms with van der Waals surface area (Å²) >= 11 is 0. The molecular formula is C25H23F4N3O7. The molecule has 4 rings (SSSR count). The number of aliphatic carboxylic acids is 1. The van der Waals surface area contributed by atoms with Crippen LogP contribution in [0.2, 0.25) is 0 Å². The first-order chi connectivity index (χ1) is 18.3. The van der Waals surface area contributed by atoms with E-state index >= 15 is 0 Å². The minimum absolute atomic E-state index is 0.102. The van der Waals surface area contributed by atoms with E-state index < -0.39 is 36.1 Å². The number of oxazole rings is 1. The van der Waals surface area contributed by atoms with E-state index in [1.165, 1.54) is 11.0 Å². The summed E-state index contributed by atoms with van der Waals surface area (Å²) in [6.07, 6.45) is -6.36. The number of amides is 1. The van der Waals surface area contributed by atoms with Crippen molar-refractivity contribution in [1.82, 2.24) is 4.98 Å². The van der Waals surface area contributed by atoms with Crippen LogP contribution in [0.15, 0.2) is 46.9 Å². The van der Waals surface area contributed by atoms with Crippen LogP contribution < -0.4 is 10.6 Å². The maximum Gasteiger partial charge on any atom is 0.490 e. The Bertz CT molecular complexity index is 1340. The molecule has 1 amide bonds. The summed E-state index contributed by atoms with van der Waals surface area (Å²) in [5.74, 6) is -2.56. The third kappa shape index (κ3) is 7.31. The molecule has 1 saturated heterocycles. The highest BCUT2D eigenvalue weighted by Crippen LogP contribution is 2.31. The van der Waals surface area contributed by atoms with Crippen LogP contribution in [0.5, 0.6) is 0 Å². The number of ether oxygens (including phenoxy) is 2. The zero-order valence-corrected chi connectivity index (χ0v) is 20.6. The second-order valence-electron chi connectivity index (χ2n) is 8.21. The molecule has 39 heavy (non-hydrogen) atoms. The number of rotatable bonds is 6. The fraction of sp³-hybridized carbons (Fsp3) is 0.280. The predicted molar refractivity (Wildman–Crippen MR) is 128 cm³/mol. The quantitative estimate of drug-likeness (QED) is 0.338. The van der Waals surface area contributed by atoms with Gasteiger partial charge in [-0.15, -0.1) is 0 Å². The summed E-state index contributed by atoms with van der Waals surface area (Å²) in [6, 6.07) is 11.7. The SMILES string of the molecule is Cc1nc(-c2ccc(-c3ccc(N4C[C@H](COC(=O)CN)OC4=O)cc3F)cc2)oc1C.O=C(O)C(F)(F)F. The lowest BCUT2D eigenvalue weighted by Gasteiger charge is -2.14. The van der Waals surface area contributed by atoms with Crippen LogP contribution in [-0.4, -0.2) is 60.1 Å². The number of hydrogen-bond acceptors (Lipinski definition) is 8. The van der Waals surface area contributed by atoms with Crippen LogP contribution in [0.4, 0.5) is 28.0 Å². The van der Waals surface area contributed by atoms with Gasteiger partial charge in [0.2, 0.25) is 5.89 Å². The molecule has 0 saturated carbocycles. The fourth-order valence-corrected chi connectivity index (χ4v) is 3.36. The Morgan fingerprint density at radius 1 is 1.15 bits per heavy atom. The van der Waals surface area contributed by atoms with Crippen molar-refractivity contribution in [2.75, 3.05) is 24.6 Å². The number of carboxylic acid groups (broad SMARTS) is 1. The number of carboxylic acids is 1. The number of alkyl halides is 3. The molecule has 208 valence electrons. The van der Waals surface area contributed by atoms with Gasteiger partial charge in [-0.05, 0) is 49.7 Å². The standard InChI is InChI=1S/C23H22FN3O5.C2HF3O2/c1-13-14(2)31-22(26-13)16-5-3-15(4-6-16)19-8-7-17(9-20(19)24)27-11-18(32-23(27)29)12-30-21(28)10-25;3-2(4,5)1(6)7/h3-9,18H,10-12,25H2,1-2H3;(H,6,7)/t18-;/m1./s1. The Labute approximate surface area is 218 Å². The van der Waals surface area contributed by atoms with Gasteiger partial charge in [0.25, 0.3) is 0 Å². The van der Waals surface area contributed by atoms with Gasteiger partial charge < -0.3 is 24.7 Å². The molecule has 1 atom stereocenters. The molecule has 0 bridgehead atoms. The van der Waals surface area contributed by atoms with E-state index in [-0.39, 0.29) is 19.7 Å². The number of nitrogens with zero attached hydrogens (tertiary/aromatic N) is 2. The smallest absolute Gasteiger partial charge is 0.475 e. The van der Waals surface area contributed by atoms with E-state index in [2.05, 4.69) is 4.98 Å². The second kappa shape index (κ2) is 11.9. The first-order valence-electron chi connectivity index (χ1n) is 11.3. The van der Waals surface area contributed by atoms with Gasteiger partial charge in [0, 0.05) is 11.1 Å². The number of carbonyl (C=O) groups excluding carboxylic acids is 2. The lowest BCUT2D eigenvalue weighted by molar-refractivity contribution is -0.192. The second-order valence-corrected chi connectivity index (χ2v) is 8.21. The van der Waals surface area contributed by atoms with Crippen molar-refractivity contribution in [1.29, 1.82) is 0 Å². The van der Waals surface area contributed by atoms with E-state index in [0.29, 0.717) is 22.7 Å². The van der Waals surface area contributed by atoms with E-state index in [0.717, 1.165) is 17.0 Å². The number of cyclic esters (lactones) is 1. The van der Waals surface area contributed by atoms with Crippen molar-refractivity contribution < 1.29 is 50.9 Å². The predicted octanol–water partition coefficient (Wildman–Crippen LogP) is 4.22. The number of benzene rings is 2. The Kier molecular flexibility index (Phi) is 8.91. The molecular weight excluding hydrogens is 530 g/mol. The van der Waals surface area contributed by atoms with Crippen molar-refractivity contribution >= 4 is 23.7 Å². The number of nitrogens with two attached hydrogens (primary N) is 1. The molecule has 1 aromatic heterocycles. The lowest BCUT2D eigenvalue weighted by atomic mass is 10.0. The highest BCUT2D eigenvalue weighted by atomic mass is 19.4. The first kappa shape index (κ1) is 29.1. The van der Waals surface area contributed by atoms with Gasteiger partial charge in [0.1, 0.15) is 18.2 Å². The minimum atomic E-state index is -5.08. The van der Waals surface area contributed by atoms with E-state index in [1.807, 2.05) is 26.0 Å². The number of carbonyl (C=O) groups is 3. The monoisotopic (exact) mass is 553 g/mol. The maximum absolute atomic E-state index is 14.9. The van der Waals surface area contributed by atoms with Gasteiger partial charge in [0.15, 0.2) is 6.10 Å². The number of hydrogen-bond donors (Lipinski definition) is 2. The molecule has 0 radical (unpaired) electrons. The van der Waals surface area contributed by atoms with Crippen molar-refractivity contribution in [2.24, 2.45) is 5.73 Å². The van der Waals surface area contributed by atoms with E-state index in [4.69, 9.17) is 29.5 Å². The van der Waals surface area contributed by atoms with Crippen LogP contribution in [0.3, 0.4) is 0 Å². The Balaban J connectivity index is 0.000000532. The molecule has 3 N–H and O–H groups in total. The molecule has 0 aliphatic carbocycles. The van der Waals surface area contributed by atoms with Gasteiger partial charge in [0.05, 0.1) is 24.5 Å². The largest absolute Gasteiger partial charge is 0.490 e. The number of halogens is 4. The molecule has 0 unspecified atom stereocenters. The molecule has 3 aromatic rings. The Hall–Kier alpha value is -4.46. The zero-order valence-electron chi connectivity index (χ0n) is 20.6. The van der Waals surface area contributed by atoms with Crippen LogP contribution in [0, 0.1) is 19.7 Å². The number of aryl methyl sites for hydroxylation is 2. The topological polar surface area (TPSA) is 145 Å². The highest BCUT2D eigenvalue weighted by Gasteiger charge is 2.38. The highest BCUT2D eigenvalue weighted by molar-refractivity contribution is 5.90. The molecule has 10 nitrogen and oxygen atoms in total. The normalized spacial score (nSPS) is 14.9. The summed E-state index contributed by atoms with van der Waals surface area (Å²) in [5.41, 5.74) is 8.22. The number of anilines is 1. The Morgan fingerprint density at radius 3 is 2.28 bits per heavy atom. The van der Waals surface area contributed by atoms with Crippen molar-refractivity contribution in [3.8, 4) is 22.6 Å². The molecule has 1 aliphatic rings. The average molecular weight is 553 g/mol. The molecule has 1 aliphatic heterocycles. The summed E-state index contributed by atoms with van der Waals surface area (Å²) in [4.78, 5) is 37.9. The fourth-order valence-electron chi connectivity index (χ4n) is 3.36. The van der Waals surface area contributed by atoms with Gasteiger partial charge >= 0.3 is 24.2 Å². The van der Waals surface area contributed by atoms with Crippen LogP contribution >= 0.6 is 0 Å². The van der Waals surface area contributed by atoms with E-state index in [9.17, 15) is 27.2 Å². The Morgan fingerprint density at radius 2 is 1.77 bits per heavy atom. The van der Waals surface area contributed by atoms with Gasteiger partial charge in [-0.3, -0.25) is 9.69 Å². The zero-order chi connectivity index (χ0) is 28.9. The van der Waals surface area contributed by atoms with E-state index in [1.54, 1.807) is 24.3 Å². The lowest BCUT2D eigenvalue weighted by Crippen LogP contribution is -2.28. The molecule has 1 fully saturated rings. The summed E-state index contributed by atoms with van der Waals surface area (Å²) < 4.78 is 62.3. The van der Waals surface area contributed by atoms with Crippen molar-refractivity contribution in [2.45, 2.75) is 26.1 Å². The van der Waals surface area contributed by atoms with Crippen molar-refractivity contribution in [3.05, 3.63) is 59.7 Å². The average Bonchev–Trinajstić information content (AvgIpc) is 3.43. The summed E-state index contributed by atoms with van der Waals surface area (Å²) in [7, 11) is 0. The van der Waals surface area contributed by atoms with Gasteiger partial charge in [-0.1, -0.05) is 12.1 Å². The molecule has 14 heteroatoms. The van der Waals surface area contributed by atoms with Gasteiger partial charge in [-0.2, -0.15) is 13.2 Å². The van der Waals surface area contributed by atoms with Crippen LogP contribution in [0.25, 0.3) is 22.6 Å². The first-order valence-corrected chi connectivity index (χ1v) is 11.3.